The molecule has 214 valence electrons. The summed E-state index contributed by atoms with van der Waals surface area (Å²) in [5, 5.41) is 2.65. The van der Waals surface area contributed by atoms with E-state index < -0.39 is 48.4 Å². The van der Waals surface area contributed by atoms with Gasteiger partial charge in [0.15, 0.2) is 0 Å². The zero-order valence-corrected chi connectivity index (χ0v) is 21.9. The van der Waals surface area contributed by atoms with Crippen molar-refractivity contribution in [2.75, 3.05) is 25.0 Å². The van der Waals surface area contributed by atoms with Crippen LogP contribution in [0.25, 0.3) is 0 Å². The molecule has 3 amide bonds. The number of ether oxygens (including phenoxy) is 1. The minimum atomic E-state index is -5.38. The molecule has 0 saturated carbocycles. The van der Waals surface area contributed by atoms with Crippen LogP contribution in [0.3, 0.4) is 0 Å². The van der Waals surface area contributed by atoms with Gasteiger partial charge < -0.3 is 25.6 Å². The molecule has 2 unspecified atom stereocenters. The summed E-state index contributed by atoms with van der Waals surface area (Å²) in [6.07, 6.45) is -5.77. The van der Waals surface area contributed by atoms with Gasteiger partial charge >= 0.3 is 18.1 Å². The van der Waals surface area contributed by atoms with Gasteiger partial charge in [0, 0.05) is 32.6 Å². The molecule has 0 fully saturated rings. The minimum absolute atomic E-state index is 0.0979. The number of anilines is 1. The number of alkyl halides is 3. The molecule has 40 heavy (non-hydrogen) atoms. The van der Waals surface area contributed by atoms with Crippen molar-refractivity contribution in [3.05, 3.63) is 65.2 Å². The zero-order chi connectivity index (χ0) is 29.6. The molecule has 1 heterocycles. The van der Waals surface area contributed by atoms with Crippen LogP contribution in [0, 0.1) is 0 Å². The van der Waals surface area contributed by atoms with Crippen molar-refractivity contribution in [1.82, 2.24) is 10.2 Å². The van der Waals surface area contributed by atoms with Crippen LogP contribution in [-0.2, 0) is 30.3 Å². The van der Waals surface area contributed by atoms with Gasteiger partial charge in [-0.05, 0) is 36.6 Å². The Morgan fingerprint density at radius 2 is 1.77 bits per heavy atom. The van der Waals surface area contributed by atoms with Crippen LogP contribution in [0.5, 0.6) is 0 Å². The largest absolute Gasteiger partial charge is 0.491 e. The van der Waals surface area contributed by atoms with E-state index in [2.05, 4.69) is 10.1 Å². The average Bonchev–Trinajstić information content (AvgIpc) is 2.99. The Bertz CT molecular complexity index is 1280. The molecule has 0 saturated heterocycles. The summed E-state index contributed by atoms with van der Waals surface area (Å²) in [5.41, 5.74) is 6.79. The molecule has 1 aliphatic rings. The Labute approximate surface area is 228 Å². The Balaban J connectivity index is 1.99. The summed E-state index contributed by atoms with van der Waals surface area (Å²) in [6, 6.07) is 10.6. The molecule has 13 heteroatoms. The summed E-state index contributed by atoms with van der Waals surface area (Å²) in [6.45, 7) is 1.98. The van der Waals surface area contributed by atoms with Gasteiger partial charge in [0.25, 0.3) is 11.8 Å². The minimum Gasteiger partial charge on any atom is -0.386 e. The van der Waals surface area contributed by atoms with Crippen molar-refractivity contribution in [3.63, 3.8) is 0 Å². The predicted molar refractivity (Wildman–Crippen MR) is 137 cm³/mol. The fraction of sp³-hybridized carbons (Fsp3) is 0.370. The molecule has 3 N–H and O–H groups in total. The summed E-state index contributed by atoms with van der Waals surface area (Å²) < 4.78 is 41.7. The highest BCUT2D eigenvalue weighted by atomic mass is 19.4. The molecule has 2 aromatic carbocycles. The third-order valence-electron chi connectivity index (χ3n) is 6.33. The molecular weight excluding hydrogens is 533 g/mol. The molecule has 0 bridgehead atoms. The third kappa shape index (κ3) is 7.03. The van der Waals surface area contributed by atoms with Crippen molar-refractivity contribution in [2.45, 2.75) is 44.4 Å². The van der Waals surface area contributed by atoms with Crippen molar-refractivity contribution in [2.24, 2.45) is 5.73 Å². The van der Waals surface area contributed by atoms with E-state index in [1.54, 1.807) is 42.5 Å². The highest BCUT2D eigenvalue weighted by molar-refractivity contribution is 6.11. The normalized spacial score (nSPS) is 16.2. The number of nitrogens with zero attached hydrogens (tertiary/aromatic N) is 2. The molecule has 0 radical (unpaired) electrons. The molecule has 3 rings (SSSR count). The number of amides is 3. The highest BCUT2D eigenvalue weighted by Crippen LogP contribution is 2.36. The van der Waals surface area contributed by atoms with Crippen LogP contribution < -0.4 is 16.0 Å². The van der Waals surface area contributed by atoms with Gasteiger partial charge in [0.1, 0.15) is 6.04 Å². The second-order valence-electron chi connectivity index (χ2n) is 9.23. The molecule has 0 aromatic heterocycles. The molecule has 2 atom stereocenters. The van der Waals surface area contributed by atoms with Crippen LogP contribution in [0.2, 0.25) is 0 Å². The topological polar surface area (TPSA) is 139 Å². The van der Waals surface area contributed by atoms with Crippen LogP contribution >= 0.6 is 0 Å². The SMILES string of the molecule is CC(CC(=O)OC(=O)C(F)(F)F)N1C(=O)c2cc(CCC(=O)NCCN)ccc2N(C)C(=O)C1c1ccccc1. The molecular formula is C27H29F3N4O6. The maximum Gasteiger partial charge on any atom is 0.491 e. The van der Waals surface area contributed by atoms with E-state index in [9.17, 15) is 37.1 Å². The van der Waals surface area contributed by atoms with Crippen molar-refractivity contribution in [3.8, 4) is 0 Å². The van der Waals surface area contributed by atoms with E-state index in [1.165, 1.54) is 24.9 Å². The van der Waals surface area contributed by atoms with E-state index in [4.69, 9.17) is 5.73 Å². The van der Waals surface area contributed by atoms with E-state index >= 15 is 0 Å². The first kappa shape index (κ1) is 30.3. The van der Waals surface area contributed by atoms with Crippen LogP contribution in [0.1, 0.15) is 47.3 Å². The molecule has 2 aromatic rings. The number of carbonyl (C=O) groups excluding carboxylic acids is 5. The fourth-order valence-electron chi connectivity index (χ4n) is 4.37. The third-order valence-corrected chi connectivity index (χ3v) is 6.33. The number of nitrogens with one attached hydrogen (secondary N) is 1. The average molecular weight is 563 g/mol. The van der Waals surface area contributed by atoms with Crippen LogP contribution in [-0.4, -0.2) is 66.9 Å². The van der Waals surface area contributed by atoms with Gasteiger partial charge in [0.05, 0.1) is 17.7 Å². The quantitative estimate of drug-likeness (QED) is 0.353. The second-order valence-corrected chi connectivity index (χ2v) is 9.23. The lowest BCUT2D eigenvalue weighted by Crippen LogP contribution is -2.46. The summed E-state index contributed by atoms with van der Waals surface area (Å²) in [7, 11) is 1.48. The summed E-state index contributed by atoms with van der Waals surface area (Å²) in [5.74, 6) is -5.60. The van der Waals surface area contributed by atoms with Gasteiger partial charge in [-0.1, -0.05) is 36.4 Å². The first-order valence-electron chi connectivity index (χ1n) is 12.4. The summed E-state index contributed by atoms with van der Waals surface area (Å²) in [4.78, 5) is 65.5. The zero-order valence-electron chi connectivity index (χ0n) is 21.9. The maximum atomic E-state index is 14.0. The van der Waals surface area contributed by atoms with Gasteiger partial charge in [-0.2, -0.15) is 13.2 Å². The van der Waals surface area contributed by atoms with E-state index in [1.807, 2.05) is 0 Å². The lowest BCUT2D eigenvalue weighted by Gasteiger charge is -2.34. The lowest BCUT2D eigenvalue weighted by atomic mass is 10.00. The predicted octanol–water partition coefficient (Wildman–Crippen LogP) is 2.26. The number of benzene rings is 2. The van der Waals surface area contributed by atoms with Crippen molar-refractivity contribution >= 4 is 35.3 Å². The van der Waals surface area contributed by atoms with E-state index in [0.717, 1.165) is 4.90 Å². The molecule has 0 spiro atoms. The van der Waals surface area contributed by atoms with Gasteiger partial charge in [-0.25, -0.2) is 4.79 Å². The second kappa shape index (κ2) is 12.7. The number of carbonyl (C=O) groups is 5. The highest BCUT2D eigenvalue weighted by Gasteiger charge is 2.44. The van der Waals surface area contributed by atoms with E-state index in [0.29, 0.717) is 17.7 Å². The molecule has 1 aliphatic heterocycles. The van der Waals surface area contributed by atoms with Crippen molar-refractivity contribution in [1.29, 1.82) is 0 Å². The van der Waals surface area contributed by atoms with Crippen LogP contribution in [0.4, 0.5) is 18.9 Å². The lowest BCUT2D eigenvalue weighted by molar-refractivity contribution is -0.202. The Morgan fingerprint density at radius 1 is 1.10 bits per heavy atom. The number of aryl methyl sites for hydroxylation is 1. The van der Waals surface area contributed by atoms with Crippen molar-refractivity contribution < 1.29 is 41.9 Å². The first-order chi connectivity index (χ1) is 18.8. The molecule has 10 nitrogen and oxygen atoms in total. The standard InChI is InChI=1S/C27H29F3N4O6/c1-16(14-22(36)40-26(39)27(28,29)30)34-23(18-6-4-3-5-7-18)25(38)33(2)20-10-8-17(15-19(20)24(34)37)9-11-21(35)32-13-12-31/h3-8,10,15-16,23H,9,11-14,31H2,1-2H3,(H,32,35). The Morgan fingerprint density at radius 3 is 2.40 bits per heavy atom. The first-order valence-corrected chi connectivity index (χ1v) is 12.4. The number of fused-ring (bicyclic) bond motifs is 1. The van der Waals surface area contributed by atoms with E-state index in [-0.39, 0.29) is 36.5 Å². The Hall–Kier alpha value is -4.26. The number of esters is 2. The number of likely N-dealkylation sites (N-methyl/N-ethyl adjacent to an activating group) is 1. The Kier molecular flexibility index (Phi) is 9.64. The number of nitrogens with two attached hydrogens (primary N) is 1. The molecule has 0 aliphatic carbocycles. The van der Waals surface area contributed by atoms with Gasteiger partial charge in [-0.15, -0.1) is 0 Å². The monoisotopic (exact) mass is 562 g/mol. The number of rotatable bonds is 9. The summed E-state index contributed by atoms with van der Waals surface area (Å²) >= 11 is 0. The number of hydrogen-bond acceptors (Lipinski definition) is 7. The fourth-order valence-corrected chi connectivity index (χ4v) is 4.37. The van der Waals surface area contributed by atoms with Gasteiger partial charge in [0.2, 0.25) is 5.91 Å². The number of hydrogen-bond donors (Lipinski definition) is 2. The number of halogens is 3. The van der Waals surface area contributed by atoms with Gasteiger partial charge in [-0.3, -0.25) is 19.2 Å². The van der Waals surface area contributed by atoms with Crippen LogP contribution in [0.15, 0.2) is 48.5 Å². The smallest absolute Gasteiger partial charge is 0.386 e. The maximum absolute atomic E-state index is 14.0.